The maximum atomic E-state index is 13.5. The molecule has 0 amide bonds. The first-order chi connectivity index (χ1) is 8.47. The van der Waals surface area contributed by atoms with Crippen LogP contribution in [0, 0.1) is 25.5 Å². The second-order valence-electron chi connectivity index (χ2n) is 4.28. The molecule has 18 heavy (non-hydrogen) atoms. The van der Waals surface area contributed by atoms with E-state index in [9.17, 15) is 8.78 Å². The van der Waals surface area contributed by atoms with Crippen molar-refractivity contribution in [1.82, 2.24) is 0 Å². The number of rotatable bonds is 3. The summed E-state index contributed by atoms with van der Waals surface area (Å²) in [5.74, 6) is 0.568. The molecule has 96 valence electrons. The van der Waals surface area contributed by atoms with Crippen LogP contribution in [0.5, 0.6) is 0 Å². The molecular formula is C14H13BrF2O. The summed E-state index contributed by atoms with van der Waals surface area (Å²) < 4.78 is 31.8. The molecule has 1 unspecified atom stereocenters. The van der Waals surface area contributed by atoms with Crippen molar-refractivity contribution in [2.24, 2.45) is 0 Å². The van der Waals surface area contributed by atoms with E-state index in [-0.39, 0.29) is 4.83 Å². The Labute approximate surface area is 113 Å². The quantitative estimate of drug-likeness (QED) is 0.738. The number of alkyl halides is 1. The normalized spacial score (nSPS) is 12.7. The van der Waals surface area contributed by atoms with Crippen molar-refractivity contribution in [2.75, 3.05) is 0 Å². The topological polar surface area (TPSA) is 13.1 Å². The molecule has 2 aromatic rings. The summed E-state index contributed by atoms with van der Waals surface area (Å²) in [6.07, 6.45) is 0.450. The van der Waals surface area contributed by atoms with E-state index in [0.29, 0.717) is 12.0 Å². The summed E-state index contributed by atoms with van der Waals surface area (Å²) in [4.78, 5) is -0.0464. The third kappa shape index (κ3) is 2.80. The van der Waals surface area contributed by atoms with E-state index in [4.69, 9.17) is 4.42 Å². The Kier molecular flexibility index (Phi) is 3.85. The van der Waals surface area contributed by atoms with Gasteiger partial charge in [0.15, 0.2) is 0 Å². The maximum Gasteiger partial charge on any atom is 0.129 e. The molecule has 1 aromatic carbocycles. The smallest absolute Gasteiger partial charge is 0.129 e. The number of halogens is 3. The van der Waals surface area contributed by atoms with Crippen molar-refractivity contribution in [3.8, 4) is 0 Å². The zero-order chi connectivity index (χ0) is 13.3. The molecule has 0 N–H and O–H groups in total. The van der Waals surface area contributed by atoms with Gasteiger partial charge in [-0.2, -0.15) is 0 Å². The molecule has 0 spiro atoms. The van der Waals surface area contributed by atoms with Gasteiger partial charge in [0.2, 0.25) is 0 Å². The predicted molar refractivity (Wildman–Crippen MR) is 69.9 cm³/mol. The van der Waals surface area contributed by atoms with E-state index in [1.54, 1.807) is 0 Å². The fourth-order valence-electron chi connectivity index (χ4n) is 1.95. The molecule has 0 fully saturated rings. The molecule has 0 radical (unpaired) electrons. The Balaban J connectivity index is 2.21. The zero-order valence-electron chi connectivity index (χ0n) is 10.1. The number of aryl methyl sites for hydroxylation is 2. The highest BCUT2D eigenvalue weighted by Gasteiger charge is 2.16. The van der Waals surface area contributed by atoms with Crippen LogP contribution in [0.3, 0.4) is 0 Å². The highest BCUT2D eigenvalue weighted by molar-refractivity contribution is 9.09. The lowest BCUT2D eigenvalue weighted by atomic mass is 10.0. The molecule has 0 aliphatic heterocycles. The molecule has 1 nitrogen and oxygen atoms in total. The molecular weight excluding hydrogens is 302 g/mol. The lowest BCUT2D eigenvalue weighted by Gasteiger charge is -2.09. The standard InChI is InChI=1S/C14H13BrF2O/c1-8-5-12(9(2)18-8)13(15)6-10-3-4-11(16)7-14(10)17/h3-5,7,13H,6H2,1-2H3. The van der Waals surface area contributed by atoms with E-state index < -0.39 is 11.6 Å². The van der Waals surface area contributed by atoms with Gasteiger partial charge in [0, 0.05) is 16.5 Å². The molecule has 0 saturated carbocycles. The Bertz CT molecular complexity index is 563. The first-order valence-electron chi connectivity index (χ1n) is 5.62. The van der Waals surface area contributed by atoms with Crippen LogP contribution in [0.15, 0.2) is 28.7 Å². The van der Waals surface area contributed by atoms with Crippen LogP contribution < -0.4 is 0 Å². The van der Waals surface area contributed by atoms with E-state index in [0.717, 1.165) is 23.2 Å². The minimum absolute atomic E-state index is 0.0464. The summed E-state index contributed by atoms with van der Waals surface area (Å²) in [6.45, 7) is 3.74. The van der Waals surface area contributed by atoms with Crippen LogP contribution in [0.25, 0.3) is 0 Å². The highest BCUT2D eigenvalue weighted by atomic mass is 79.9. The van der Waals surface area contributed by atoms with E-state index >= 15 is 0 Å². The second-order valence-corrected chi connectivity index (χ2v) is 5.38. The average molecular weight is 315 g/mol. The zero-order valence-corrected chi connectivity index (χ0v) is 11.7. The van der Waals surface area contributed by atoms with Gasteiger partial charge in [-0.25, -0.2) is 8.78 Å². The van der Waals surface area contributed by atoms with Gasteiger partial charge < -0.3 is 4.42 Å². The Morgan fingerprint density at radius 1 is 1.22 bits per heavy atom. The first kappa shape index (κ1) is 13.3. The largest absolute Gasteiger partial charge is 0.466 e. The van der Waals surface area contributed by atoms with Crippen molar-refractivity contribution in [3.05, 3.63) is 58.5 Å². The third-order valence-corrected chi connectivity index (χ3v) is 3.65. The lowest BCUT2D eigenvalue weighted by molar-refractivity contribution is 0.500. The van der Waals surface area contributed by atoms with E-state index in [1.807, 2.05) is 19.9 Å². The van der Waals surface area contributed by atoms with Crippen LogP contribution >= 0.6 is 15.9 Å². The van der Waals surface area contributed by atoms with Crippen LogP contribution in [-0.2, 0) is 6.42 Å². The third-order valence-electron chi connectivity index (χ3n) is 2.83. The monoisotopic (exact) mass is 314 g/mol. The fraction of sp³-hybridized carbons (Fsp3) is 0.286. The number of hydrogen-bond donors (Lipinski definition) is 0. The highest BCUT2D eigenvalue weighted by Crippen LogP contribution is 2.32. The Morgan fingerprint density at radius 3 is 2.50 bits per heavy atom. The van der Waals surface area contributed by atoms with Gasteiger partial charge in [-0.1, -0.05) is 22.0 Å². The second kappa shape index (κ2) is 5.22. The van der Waals surface area contributed by atoms with Gasteiger partial charge in [0.25, 0.3) is 0 Å². The minimum Gasteiger partial charge on any atom is -0.466 e. The van der Waals surface area contributed by atoms with Crippen molar-refractivity contribution in [1.29, 1.82) is 0 Å². The molecule has 0 saturated heterocycles. The molecule has 0 aliphatic carbocycles. The molecule has 1 heterocycles. The van der Waals surface area contributed by atoms with Crippen LogP contribution in [0.2, 0.25) is 0 Å². The van der Waals surface area contributed by atoms with Crippen LogP contribution in [0.4, 0.5) is 8.78 Å². The summed E-state index contributed by atoms with van der Waals surface area (Å²) >= 11 is 3.52. The van der Waals surface area contributed by atoms with Gasteiger partial charge >= 0.3 is 0 Å². The SMILES string of the molecule is Cc1cc(C(Br)Cc2ccc(F)cc2F)c(C)o1. The van der Waals surface area contributed by atoms with Crippen molar-refractivity contribution in [3.63, 3.8) is 0 Å². The van der Waals surface area contributed by atoms with Crippen molar-refractivity contribution >= 4 is 15.9 Å². The number of benzene rings is 1. The molecule has 2 rings (SSSR count). The minimum atomic E-state index is -0.558. The Morgan fingerprint density at radius 2 is 1.94 bits per heavy atom. The lowest BCUT2D eigenvalue weighted by Crippen LogP contribution is -1.99. The van der Waals surface area contributed by atoms with Gasteiger partial charge in [-0.3, -0.25) is 0 Å². The van der Waals surface area contributed by atoms with Crippen LogP contribution in [-0.4, -0.2) is 0 Å². The molecule has 0 bridgehead atoms. The number of hydrogen-bond acceptors (Lipinski definition) is 1. The first-order valence-corrected chi connectivity index (χ1v) is 6.54. The molecule has 1 aromatic heterocycles. The van der Waals surface area contributed by atoms with Gasteiger partial charge in [-0.15, -0.1) is 0 Å². The molecule has 0 aliphatic rings. The number of furan rings is 1. The van der Waals surface area contributed by atoms with Crippen molar-refractivity contribution in [2.45, 2.75) is 25.1 Å². The Hall–Kier alpha value is -1.16. The predicted octanol–water partition coefficient (Wildman–Crippen LogP) is 4.85. The van der Waals surface area contributed by atoms with Gasteiger partial charge in [0.05, 0.1) is 0 Å². The van der Waals surface area contributed by atoms with Crippen LogP contribution in [0.1, 0.15) is 27.5 Å². The summed E-state index contributed by atoms with van der Waals surface area (Å²) in [5.41, 5.74) is 1.48. The van der Waals surface area contributed by atoms with Gasteiger partial charge in [-0.05, 0) is 38.0 Å². The van der Waals surface area contributed by atoms with Gasteiger partial charge in [0.1, 0.15) is 23.2 Å². The summed E-state index contributed by atoms with van der Waals surface area (Å²) in [5, 5.41) is 0. The molecule has 4 heteroatoms. The average Bonchev–Trinajstić information content (AvgIpc) is 2.62. The maximum absolute atomic E-state index is 13.5. The summed E-state index contributed by atoms with van der Waals surface area (Å²) in [6, 6.07) is 5.57. The van der Waals surface area contributed by atoms with Crippen molar-refractivity contribution < 1.29 is 13.2 Å². The fourth-order valence-corrected chi connectivity index (χ4v) is 2.76. The van der Waals surface area contributed by atoms with E-state index in [2.05, 4.69) is 15.9 Å². The summed E-state index contributed by atoms with van der Waals surface area (Å²) in [7, 11) is 0. The van der Waals surface area contributed by atoms with E-state index in [1.165, 1.54) is 12.1 Å². The molecule has 1 atom stereocenters.